The van der Waals surface area contributed by atoms with Gasteiger partial charge in [0.25, 0.3) is 0 Å². The SMILES string of the molecule is CCc1c2[nH]c(c1C)/C=C1\N/C(=C3\c4[nH]c(c(C)c4C(=O)C3C(=O)OC)/C=c3\[nH]/c(c(C)c3CC)=C\2)C(CCC(=O)OC/C=C(\C)CCCC(C)CCCC(C)CCCC(C)C)C1C. The molecule has 0 saturated carbocycles. The van der Waals surface area contributed by atoms with Crippen LogP contribution >= 0.6 is 0 Å². The maximum absolute atomic E-state index is 14.4. The van der Waals surface area contributed by atoms with Crippen molar-refractivity contribution in [1.29, 1.82) is 0 Å². The highest BCUT2D eigenvalue weighted by Gasteiger charge is 2.48. The van der Waals surface area contributed by atoms with Crippen LogP contribution in [0.25, 0.3) is 23.8 Å². The van der Waals surface area contributed by atoms with Crippen LogP contribution in [0, 0.1) is 56.3 Å². The van der Waals surface area contributed by atoms with E-state index in [1.807, 2.05) is 6.92 Å². The lowest BCUT2D eigenvalue weighted by atomic mass is 9.85. The quantitative estimate of drug-likeness (QED) is 0.0508. The average molecular weight is 875 g/mol. The van der Waals surface area contributed by atoms with Crippen molar-refractivity contribution in [3.8, 4) is 0 Å². The zero-order valence-corrected chi connectivity index (χ0v) is 41.2. The summed E-state index contributed by atoms with van der Waals surface area (Å²) in [5.74, 6) is -0.174. The van der Waals surface area contributed by atoms with E-state index in [0.717, 1.165) is 88.2 Å². The molecule has 3 aliphatic rings. The van der Waals surface area contributed by atoms with Crippen LogP contribution in [0.1, 0.15) is 187 Å². The highest BCUT2D eigenvalue weighted by atomic mass is 16.5. The first kappa shape index (κ1) is 48.7. The Kier molecular flexibility index (Phi) is 16.3. The number of Topliss-reactive ketones (excluding diaryl/α,β-unsaturated/α-hetero) is 1. The molecule has 64 heavy (non-hydrogen) atoms. The molecule has 5 unspecified atom stereocenters. The lowest BCUT2D eigenvalue weighted by molar-refractivity contribution is -0.143. The summed E-state index contributed by atoms with van der Waals surface area (Å²) >= 11 is 0. The molecule has 1 saturated heterocycles. The summed E-state index contributed by atoms with van der Waals surface area (Å²) < 4.78 is 11.1. The van der Waals surface area contributed by atoms with E-state index in [4.69, 9.17) is 9.47 Å². The first-order valence-corrected chi connectivity index (χ1v) is 24.6. The zero-order valence-electron chi connectivity index (χ0n) is 41.2. The molecule has 0 radical (unpaired) electrons. The number of methoxy groups -OCH3 is 1. The number of allylic oxidation sites excluding steroid dienone is 3. The maximum Gasteiger partial charge on any atom is 0.321 e. The molecule has 6 rings (SSSR count). The minimum absolute atomic E-state index is 0.0618. The topological polar surface area (TPSA) is 129 Å². The summed E-state index contributed by atoms with van der Waals surface area (Å²) in [5, 5.41) is 5.76. The van der Waals surface area contributed by atoms with Gasteiger partial charge in [0.1, 0.15) is 12.5 Å². The maximum atomic E-state index is 14.4. The van der Waals surface area contributed by atoms with E-state index in [9.17, 15) is 14.4 Å². The van der Waals surface area contributed by atoms with Crippen LogP contribution in [0.3, 0.4) is 0 Å². The van der Waals surface area contributed by atoms with Crippen LogP contribution in [0.15, 0.2) is 23.0 Å². The van der Waals surface area contributed by atoms with Gasteiger partial charge in [-0.1, -0.05) is 99.0 Å². The molecule has 4 N–H and O–H groups in total. The van der Waals surface area contributed by atoms with Gasteiger partial charge in [-0.2, -0.15) is 0 Å². The van der Waals surface area contributed by atoms with E-state index in [1.165, 1.54) is 79.9 Å². The first-order valence-electron chi connectivity index (χ1n) is 24.6. The van der Waals surface area contributed by atoms with E-state index < -0.39 is 11.9 Å². The van der Waals surface area contributed by atoms with Gasteiger partial charge in [0, 0.05) is 68.6 Å². The Morgan fingerprint density at radius 1 is 0.766 bits per heavy atom. The second-order valence-corrected chi connectivity index (χ2v) is 19.9. The number of aromatic amines is 3. The molecule has 0 amide bonds. The number of aromatic nitrogens is 3. The summed E-state index contributed by atoms with van der Waals surface area (Å²) in [4.78, 5) is 52.5. The summed E-state index contributed by atoms with van der Waals surface area (Å²) in [6.45, 7) is 24.6. The molecule has 9 heteroatoms. The lowest BCUT2D eigenvalue weighted by Gasteiger charge is -2.19. The normalized spacial score (nSPS) is 22.1. The second kappa shape index (κ2) is 21.5. The van der Waals surface area contributed by atoms with Crippen LogP contribution in [0.5, 0.6) is 0 Å². The van der Waals surface area contributed by atoms with Crippen LogP contribution in [-0.4, -0.2) is 46.4 Å². The smallest absolute Gasteiger partial charge is 0.321 e. The minimum atomic E-state index is -1.13. The lowest BCUT2D eigenvalue weighted by Crippen LogP contribution is -2.25. The zero-order chi connectivity index (χ0) is 46.4. The average Bonchev–Trinajstić information content (AvgIpc) is 3.99. The van der Waals surface area contributed by atoms with Crippen molar-refractivity contribution in [2.45, 2.75) is 160 Å². The molecule has 348 valence electrons. The summed E-state index contributed by atoms with van der Waals surface area (Å²) in [6, 6.07) is 0. The largest absolute Gasteiger partial charge is 0.468 e. The van der Waals surface area contributed by atoms with Crippen molar-refractivity contribution in [3.05, 3.63) is 89.9 Å². The predicted octanol–water partition coefficient (Wildman–Crippen LogP) is 11.0. The third-order valence-electron chi connectivity index (χ3n) is 14.8. The molecule has 0 aromatic carbocycles. The monoisotopic (exact) mass is 875 g/mol. The number of H-pyrrole nitrogens is 3. The molecule has 9 nitrogen and oxygen atoms in total. The van der Waals surface area contributed by atoms with Gasteiger partial charge in [0.15, 0.2) is 5.78 Å². The van der Waals surface area contributed by atoms with Gasteiger partial charge in [0.2, 0.25) is 0 Å². The molecule has 2 aliphatic heterocycles. The van der Waals surface area contributed by atoms with Gasteiger partial charge in [-0.25, -0.2) is 0 Å². The number of ether oxygens (including phenoxy) is 2. The summed E-state index contributed by atoms with van der Waals surface area (Å²) in [5.41, 5.74) is 13.2. The molecule has 1 fully saturated rings. The highest BCUT2D eigenvalue weighted by molar-refractivity contribution is 6.24. The van der Waals surface area contributed by atoms with Crippen molar-refractivity contribution >= 4 is 41.5 Å². The predicted molar refractivity (Wildman–Crippen MR) is 261 cm³/mol. The fourth-order valence-electron chi connectivity index (χ4n) is 10.7. The number of esters is 2. The molecular weight excluding hydrogens is 797 g/mol. The number of fused-ring (bicyclic) bond motifs is 7. The Labute approximate surface area is 383 Å². The van der Waals surface area contributed by atoms with Crippen molar-refractivity contribution in [2.24, 2.45) is 35.5 Å². The van der Waals surface area contributed by atoms with Crippen molar-refractivity contribution < 1.29 is 23.9 Å². The summed E-state index contributed by atoms with van der Waals surface area (Å²) in [7, 11) is 1.33. The number of ketones is 1. The summed E-state index contributed by atoms with van der Waals surface area (Å²) in [6.07, 6.45) is 22.3. The van der Waals surface area contributed by atoms with Gasteiger partial charge < -0.3 is 29.7 Å². The molecule has 1 aliphatic carbocycles. The van der Waals surface area contributed by atoms with Crippen molar-refractivity contribution in [3.63, 3.8) is 0 Å². The van der Waals surface area contributed by atoms with E-state index in [2.05, 4.69) is 114 Å². The third kappa shape index (κ3) is 10.7. The standard InChI is InChI=1S/C55H78N4O5/c1-13-39-35(8)42-28-44-37(10)41(24-25-48(60)64-27-26-34(7)23-17-22-33(6)21-16-20-32(5)19-15-18-31(3)4)52(58-44)50-51(55(62)63-12)54(61)49-38(11)45(59-53(49)50)30-47-40(14-2)36(9)43(57-47)29-46(39)56-42/h26,28-33,37,41,51,56-59H,13-25,27H2,1-12H3/b34-26+,43-29-,44-28-,47-30-,52-50-. The highest BCUT2D eigenvalue weighted by Crippen LogP contribution is 2.48. The second-order valence-electron chi connectivity index (χ2n) is 19.9. The number of carbonyl (C=O) groups excluding carboxylic acids is 3. The van der Waals surface area contributed by atoms with Crippen LogP contribution < -0.4 is 16.0 Å². The van der Waals surface area contributed by atoms with Gasteiger partial charge in [-0.05, 0) is 130 Å². The fourth-order valence-corrected chi connectivity index (χ4v) is 10.7. The number of carbonyl (C=O) groups is 3. The molecule has 8 bridgehead atoms. The Morgan fingerprint density at radius 2 is 1.41 bits per heavy atom. The molecular formula is C55H78N4O5. The Balaban J connectivity index is 1.21. The minimum Gasteiger partial charge on any atom is -0.468 e. The molecule has 5 atom stereocenters. The number of rotatable bonds is 20. The third-order valence-corrected chi connectivity index (χ3v) is 14.8. The van der Waals surface area contributed by atoms with Crippen LogP contribution in [0.2, 0.25) is 0 Å². The van der Waals surface area contributed by atoms with Crippen LogP contribution in [0.4, 0.5) is 0 Å². The Hall–Kier alpha value is -4.79. The molecule has 0 spiro atoms. The van der Waals surface area contributed by atoms with E-state index in [-0.39, 0.29) is 36.6 Å². The number of hydrogen-bond donors (Lipinski definition) is 4. The van der Waals surface area contributed by atoms with E-state index >= 15 is 0 Å². The molecule has 3 aromatic heterocycles. The molecule has 3 aromatic rings. The van der Waals surface area contributed by atoms with Crippen LogP contribution in [-0.2, 0) is 31.9 Å². The number of hydrogen-bond acceptors (Lipinski definition) is 6. The molecule has 5 heterocycles. The number of nitrogens with one attached hydrogen (secondary N) is 4. The van der Waals surface area contributed by atoms with Gasteiger partial charge in [-0.15, -0.1) is 0 Å². The van der Waals surface area contributed by atoms with Crippen molar-refractivity contribution in [2.75, 3.05) is 13.7 Å². The first-order chi connectivity index (χ1) is 30.6. The van der Waals surface area contributed by atoms with E-state index in [0.29, 0.717) is 23.3 Å². The Morgan fingerprint density at radius 3 is 2.06 bits per heavy atom. The van der Waals surface area contributed by atoms with Crippen molar-refractivity contribution in [1.82, 2.24) is 20.3 Å². The van der Waals surface area contributed by atoms with E-state index in [1.54, 1.807) is 0 Å². The van der Waals surface area contributed by atoms with Gasteiger partial charge in [-0.3, -0.25) is 14.4 Å². The van der Waals surface area contributed by atoms with Gasteiger partial charge in [0.05, 0.1) is 12.8 Å². The van der Waals surface area contributed by atoms with Gasteiger partial charge >= 0.3 is 11.9 Å². The Bertz CT molecular complexity index is 2410. The fraction of sp³-hybridized carbons (Fsp3) is 0.582.